The predicted molar refractivity (Wildman–Crippen MR) is 105 cm³/mol. The van der Waals surface area contributed by atoms with Gasteiger partial charge in [-0.25, -0.2) is 8.78 Å². The van der Waals surface area contributed by atoms with Crippen LogP contribution >= 0.6 is 0 Å². The molecule has 0 heterocycles. The van der Waals surface area contributed by atoms with Gasteiger partial charge in [0.1, 0.15) is 0 Å². The number of benzene rings is 2. The first-order valence-electron chi connectivity index (χ1n) is 9.00. The van der Waals surface area contributed by atoms with Gasteiger partial charge in [-0.15, -0.1) is 0 Å². The summed E-state index contributed by atoms with van der Waals surface area (Å²) in [6, 6.07) is 9.99. The van der Waals surface area contributed by atoms with Crippen molar-refractivity contribution < 1.29 is 18.4 Å². The van der Waals surface area contributed by atoms with Crippen molar-refractivity contribution in [2.45, 2.75) is 32.9 Å². The second-order valence-corrected chi connectivity index (χ2v) is 6.89. The number of carbonyl (C=O) groups excluding carboxylic acids is 2. The Balaban J connectivity index is 1.89. The van der Waals surface area contributed by atoms with E-state index in [1.54, 1.807) is 26.0 Å². The molecule has 0 fully saturated rings. The fourth-order valence-corrected chi connectivity index (χ4v) is 2.79. The molecule has 2 N–H and O–H groups in total. The van der Waals surface area contributed by atoms with Crippen molar-refractivity contribution in [2.75, 3.05) is 18.9 Å². The Morgan fingerprint density at radius 1 is 1.04 bits per heavy atom. The van der Waals surface area contributed by atoms with Crippen molar-refractivity contribution in [3.05, 3.63) is 65.2 Å². The summed E-state index contributed by atoms with van der Waals surface area (Å²) >= 11 is 0. The van der Waals surface area contributed by atoms with Gasteiger partial charge >= 0.3 is 0 Å². The molecule has 150 valence electrons. The molecule has 2 aromatic rings. The molecule has 0 radical (unpaired) electrons. The lowest BCUT2D eigenvalue weighted by Crippen LogP contribution is -2.46. The second-order valence-electron chi connectivity index (χ2n) is 6.89. The minimum Gasteiger partial charge on any atom is -0.335 e. The highest BCUT2D eigenvalue weighted by Crippen LogP contribution is 2.17. The molecule has 2 atom stereocenters. The van der Waals surface area contributed by atoms with Crippen LogP contribution in [0.5, 0.6) is 0 Å². The van der Waals surface area contributed by atoms with Crippen LogP contribution in [0.15, 0.2) is 42.5 Å². The summed E-state index contributed by atoms with van der Waals surface area (Å²) in [4.78, 5) is 26.0. The van der Waals surface area contributed by atoms with E-state index in [1.807, 2.05) is 19.1 Å². The van der Waals surface area contributed by atoms with E-state index in [-0.39, 0.29) is 24.4 Å². The van der Waals surface area contributed by atoms with Gasteiger partial charge in [0.2, 0.25) is 11.8 Å². The summed E-state index contributed by atoms with van der Waals surface area (Å²) in [6.07, 6.45) is 0. The van der Waals surface area contributed by atoms with E-state index < -0.39 is 17.7 Å². The molecule has 2 amide bonds. The number of hydrogen-bond acceptors (Lipinski definition) is 3. The molecule has 0 unspecified atom stereocenters. The van der Waals surface area contributed by atoms with Gasteiger partial charge in [-0.1, -0.05) is 23.8 Å². The molecule has 0 aliphatic carbocycles. The molecule has 0 saturated carbocycles. The van der Waals surface area contributed by atoms with Crippen molar-refractivity contribution in [3.8, 4) is 0 Å². The molecular weight excluding hydrogens is 364 g/mol. The predicted octanol–water partition coefficient (Wildman–Crippen LogP) is 3.41. The molecule has 0 spiro atoms. The van der Waals surface area contributed by atoms with Gasteiger partial charge in [-0.2, -0.15) is 0 Å². The van der Waals surface area contributed by atoms with E-state index in [9.17, 15) is 18.4 Å². The molecule has 2 aromatic carbocycles. The smallest absolute Gasteiger partial charge is 0.243 e. The van der Waals surface area contributed by atoms with Gasteiger partial charge in [0.25, 0.3) is 0 Å². The van der Waals surface area contributed by atoms with Gasteiger partial charge in [0.15, 0.2) is 11.6 Å². The summed E-state index contributed by atoms with van der Waals surface area (Å²) in [7, 11) is 1.54. The van der Waals surface area contributed by atoms with Crippen molar-refractivity contribution in [1.82, 2.24) is 10.2 Å². The largest absolute Gasteiger partial charge is 0.335 e. The standard InChI is InChI=1S/C21H25F2N3O2/c1-13-5-8-17(9-6-13)25-20(27)12-26(4)21(28)15(3)24-14(2)16-7-10-18(22)19(23)11-16/h5-11,14-15,24H,12H2,1-4H3,(H,25,27)/t14-,15+/m0/s1. The van der Waals surface area contributed by atoms with Gasteiger partial charge in [0, 0.05) is 18.8 Å². The Bertz CT molecular complexity index is 840. The minimum absolute atomic E-state index is 0.0989. The summed E-state index contributed by atoms with van der Waals surface area (Å²) in [5.74, 6) is -2.44. The molecule has 5 nitrogen and oxygen atoms in total. The first-order valence-corrected chi connectivity index (χ1v) is 9.00. The zero-order chi connectivity index (χ0) is 20.8. The highest BCUT2D eigenvalue weighted by atomic mass is 19.2. The molecule has 2 rings (SSSR count). The molecule has 0 bridgehead atoms. The summed E-state index contributed by atoms with van der Waals surface area (Å²) < 4.78 is 26.4. The molecule has 0 aliphatic heterocycles. The van der Waals surface area contributed by atoms with Crippen LogP contribution in [0.4, 0.5) is 14.5 Å². The number of anilines is 1. The quantitative estimate of drug-likeness (QED) is 0.763. The van der Waals surface area contributed by atoms with Crippen LogP contribution in [0.2, 0.25) is 0 Å². The van der Waals surface area contributed by atoms with Crippen LogP contribution in [0.1, 0.15) is 31.0 Å². The highest BCUT2D eigenvalue weighted by molar-refractivity contribution is 5.95. The normalized spacial score (nSPS) is 12.9. The van der Waals surface area contributed by atoms with Crippen molar-refractivity contribution in [2.24, 2.45) is 0 Å². The maximum absolute atomic E-state index is 13.4. The third kappa shape index (κ3) is 5.85. The second kappa shape index (κ2) is 9.41. The Hall–Kier alpha value is -2.80. The number of carbonyl (C=O) groups is 2. The first-order chi connectivity index (χ1) is 13.2. The minimum atomic E-state index is -0.935. The third-order valence-corrected chi connectivity index (χ3v) is 4.41. The molecule has 0 aliphatic rings. The number of amides is 2. The number of aryl methyl sites for hydroxylation is 1. The lowest BCUT2D eigenvalue weighted by atomic mass is 10.1. The van der Waals surface area contributed by atoms with E-state index in [1.165, 1.54) is 18.0 Å². The number of likely N-dealkylation sites (N-methyl/N-ethyl adjacent to an activating group) is 1. The number of halogens is 2. The maximum Gasteiger partial charge on any atom is 0.243 e. The third-order valence-electron chi connectivity index (χ3n) is 4.41. The fourth-order valence-electron chi connectivity index (χ4n) is 2.79. The van der Waals surface area contributed by atoms with E-state index in [0.29, 0.717) is 11.3 Å². The number of rotatable bonds is 7. The van der Waals surface area contributed by atoms with E-state index >= 15 is 0 Å². The average Bonchev–Trinajstić information content (AvgIpc) is 2.64. The SMILES string of the molecule is Cc1ccc(NC(=O)CN(C)C(=O)[C@@H](C)N[C@@H](C)c2ccc(F)c(F)c2)cc1. The van der Waals surface area contributed by atoms with E-state index in [0.717, 1.165) is 17.7 Å². The van der Waals surface area contributed by atoms with E-state index in [2.05, 4.69) is 10.6 Å². The highest BCUT2D eigenvalue weighted by Gasteiger charge is 2.22. The zero-order valence-electron chi connectivity index (χ0n) is 16.4. The van der Waals surface area contributed by atoms with Gasteiger partial charge in [0.05, 0.1) is 12.6 Å². The lowest BCUT2D eigenvalue weighted by molar-refractivity contribution is -0.135. The molecule has 28 heavy (non-hydrogen) atoms. The van der Waals surface area contributed by atoms with Gasteiger partial charge in [-0.05, 0) is 50.6 Å². The summed E-state index contributed by atoms with van der Waals surface area (Å²) in [5.41, 5.74) is 2.27. The summed E-state index contributed by atoms with van der Waals surface area (Å²) in [5, 5.41) is 5.78. The van der Waals surface area contributed by atoms with Crippen LogP contribution in [0, 0.1) is 18.6 Å². The Labute approximate surface area is 163 Å². The number of nitrogens with zero attached hydrogens (tertiary/aromatic N) is 1. The molecule has 0 aromatic heterocycles. The fraction of sp³-hybridized carbons (Fsp3) is 0.333. The monoisotopic (exact) mass is 389 g/mol. The Morgan fingerprint density at radius 3 is 2.29 bits per heavy atom. The van der Waals surface area contributed by atoms with Gasteiger partial charge < -0.3 is 10.2 Å². The number of hydrogen-bond donors (Lipinski definition) is 2. The van der Waals surface area contributed by atoms with Gasteiger partial charge in [-0.3, -0.25) is 14.9 Å². The first kappa shape index (κ1) is 21.5. The van der Waals surface area contributed by atoms with Crippen molar-refractivity contribution in [3.63, 3.8) is 0 Å². The van der Waals surface area contributed by atoms with Crippen LogP contribution in [-0.4, -0.2) is 36.3 Å². The number of nitrogens with one attached hydrogen (secondary N) is 2. The lowest BCUT2D eigenvalue weighted by Gasteiger charge is -2.24. The van der Waals surface area contributed by atoms with Crippen LogP contribution < -0.4 is 10.6 Å². The maximum atomic E-state index is 13.4. The van der Waals surface area contributed by atoms with Crippen molar-refractivity contribution in [1.29, 1.82) is 0 Å². The van der Waals surface area contributed by atoms with Crippen LogP contribution in [-0.2, 0) is 9.59 Å². The topological polar surface area (TPSA) is 61.4 Å². The Morgan fingerprint density at radius 2 is 1.68 bits per heavy atom. The Kier molecular flexibility index (Phi) is 7.23. The zero-order valence-corrected chi connectivity index (χ0v) is 16.4. The van der Waals surface area contributed by atoms with Crippen molar-refractivity contribution >= 4 is 17.5 Å². The molecule has 7 heteroatoms. The van der Waals surface area contributed by atoms with Crippen LogP contribution in [0.25, 0.3) is 0 Å². The molecular formula is C21H25F2N3O2. The summed E-state index contributed by atoms with van der Waals surface area (Å²) in [6.45, 7) is 5.26. The van der Waals surface area contributed by atoms with E-state index in [4.69, 9.17) is 0 Å². The van der Waals surface area contributed by atoms with Crippen LogP contribution in [0.3, 0.4) is 0 Å². The average molecular weight is 389 g/mol. The molecule has 0 saturated heterocycles.